The van der Waals surface area contributed by atoms with Crippen molar-refractivity contribution in [2.24, 2.45) is 5.73 Å². The lowest BCUT2D eigenvalue weighted by atomic mass is 9.99. The Morgan fingerprint density at radius 3 is 2.38 bits per heavy atom. The van der Waals surface area contributed by atoms with Crippen LogP contribution in [0.15, 0.2) is 42.5 Å². The number of hydrogen-bond donors (Lipinski definition) is 1. The summed E-state index contributed by atoms with van der Waals surface area (Å²) in [6, 6.07) is 11.0. The maximum Gasteiger partial charge on any atom is 0.125 e. The largest absolute Gasteiger partial charge is 0.362 e. The SMILES string of the molecule is CC(N)C(c1ccc(F)cc1)N1CCc2ccc(F)cc21. The van der Waals surface area contributed by atoms with Gasteiger partial charge in [0, 0.05) is 18.3 Å². The molecule has 0 radical (unpaired) electrons. The zero-order valence-electron chi connectivity index (χ0n) is 11.9. The topological polar surface area (TPSA) is 29.3 Å². The number of nitrogens with zero attached hydrogens (tertiary/aromatic N) is 1. The van der Waals surface area contributed by atoms with Crippen LogP contribution in [0.5, 0.6) is 0 Å². The summed E-state index contributed by atoms with van der Waals surface area (Å²) in [5.74, 6) is -0.516. The van der Waals surface area contributed by atoms with Gasteiger partial charge in [0.15, 0.2) is 0 Å². The number of nitrogens with two attached hydrogens (primary N) is 1. The fourth-order valence-electron chi connectivity index (χ4n) is 3.09. The maximum atomic E-state index is 13.5. The van der Waals surface area contributed by atoms with Crippen molar-refractivity contribution in [1.82, 2.24) is 0 Å². The van der Waals surface area contributed by atoms with Gasteiger partial charge in [-0.25, -0.2) is 8.78 Å². The molecule has 0 amide bonds. The first-order valence-corrected chi connectivity index (χ1v) is 7.12. The van der Waals surface area contributed by atoms with Crippen molar-refractivity contribution in [2.75, 3.05) is 11.4 Å². The van der Waals surface area contributed by atoms with Gasteiger partial charge in [0.25, 0.3) is 0 Å². The second-order valence-corrected chi connectivity index (χ2v) is 5.57. The fraction of sp³-hybridized carbons (Fsp3) is 0.294. The number of benzene rings is 2. The van der Waals surface area contributed by atoms with Crippen molar-refractivity contribution >= 4 is 5.69 Å². The number of anilines is 1. The van der Waals surface area contributed by atoms with E-state index in [1.165, 1.54) is 18.2 Å². The molecule has 3 rings (SSSR count). The molecule has 0 saturated carbocycles. The minimum absolute atomic E-state index is 0.0892. The highest BCUT2D eigenvalue weighted by atomic mass is 19.1. The zero-order chi connectivity index (χ0) is 15.0. The summed E-state index contributed by atoms with van der Waals surface area (Å²) in [5.41, 5.74) is 9.12. The number of fused-ring (bicyclic) bond motifs is 1. The van der Waals surface area contributed by atoms with E-state index < -0.39 is 0 Å². The third-order valence-corrected chi connectivity index (χ3v) is 4.02. The normalized spacial score (nSPS) is 16.7. The van der Waals surface area contributed by atoms with Gasteiger partial charge in [-0.2, -0.15) is 0 Å². The summed E-state index contributed by atoms with van der Waals surface area (Å²) in [6.45, 7) is 2.72. The van der Waals surface area contributed by atoms with Crippen LogP contribution in [0.3, 0.4) is 0 Å². The van der Waals surface area contributed by atoms with Crippen molar-refractivity contribution in [1.29, 1.82) is 0 Å². The summed E-state index contributed by atoms with van der Waals surface area (Å²) in [7, 11) is 0. The lowest BCUT2D eigenvalue weighted by molar-refractivity contribution is 0.538. The first-order valence-electron chi connectivity index (χ1n) is 7.12. The maximum absolute atomic E-state index is 13.5. The van der Waals surface area contributed by atoms with E-state index in [2.05, 4.69) is 4.90 Å². The lowest BCUT2D eigenvalue weighted by Gasteiger charge is -2.33. The Balaban J connectivity index is 2.00. The lowest BCUT2D eigenvalue weighted by Crippen LogP contribution is -2.38. The van der Waals surface area contributed by atoms with Crippen LogP contribution < -0.4 is 10.6 Å². The van der Waals surface area contributed by atoms with Crippen LogP contribution in [0.25, 0.3) is 0 Å². The van der Waals surface area contributed by atoms with Crippen LogP contribution in [-0.2, 0) is 6.42 Å². The van der Waals surface area contributed by atoms with Gasteiger partial charge in [0.1, 0.15) is 11.6 Å². The highest BCUT2D eigenvalue weighted by Gasteiger charge is 2.29. The highest BCUT2D eigenvalue weighted by Crippen LogP contribution is 2.36. The van der Waals surface area contributed by atoms with Gasteiger partial charge in [-0.3, -0.25) is 0 Å². The summed E-state index contributed by atoms with van der Waals surface area (Å²) in [5, 5.41) is 0. The third-order valence-electron chi connectivity index (χ3n) is 4.02. The third kappa shape index (κ3) is 2.63. The van der Waals surface area contributed by atoms with Crippen LogP contribution in [0.2, 0.25) is 0 Å². The van der Waals surface area contributed by atoms with Gasteiger partial charge >= 0.3 is 0 Å². The van der Waals surface area contributed by atoms with Crippen LogP contribution >= 0.6 is 0 Å². The smallest absolute Gasteiger partial charge is 0.125 e. The molecule has 2 aromatic rings. The van der Waals surface area contributed by atoms with Crippen LogP contribution in [0.4, 0.5) is 14.5 Å². The molecular formula is C17H18F2N2. The Kier molecular flexibility index (Phi) is 3.64. The highest BCUT2D eigenvalue weighted by molar-refractivity contribution is 5.60. The quantitative estimate of drug-likeness (QED) is 0.937. The van der Waals surface area contributed by atoms with Crippen LogP contribution in [-0.4, -0.2) is 12.6 Å². The molecule has 1 aliphatic heterocycles. The fourth-order valence-corrected chi connectivity index (χ4v) is 3.09. The van der Waals surface area contributed by atoms with Crippen molar-refractivity contribution in [3.8, 4) is 0 Å². The molecule has 0 bridgehead atoms. The van der Waals surface area contributed by atoms with E-state index >= 15 is 0 Å². The molecule has 0 aliphatic carbocycles. The number of hydrogen-bond acceptors (Lipinski definition) is 2. The molecule has 0 spiro atoms. The average Bonchev–Trinajstić information content (AvgIpc) is 2.84. The molecule has 2 atom stereocenters. The molecular weight excluding hydrogens is 270 g/mol. The molecule has 4 heteroatoms. The Morgan fingerprint density at radius 2 is 1.71 bits per heavy atom. The summed E-state index contributed by atoms with van der Waals surface area (Å²) in [4.78, 5) is 2.12. The molecule has 2 aromatic carbocycles. The molecule has 0 fully saturated rings. The van der Waals surface area contributed by atoms with Crippen LogP contribution in [0.1, 0.15) is 24.1 Å². The molecule has 0 saturated heterocycles. The predicted octanol–water partition coefficient (Wildman–Crippen LogP) is 3.42. The van der Waals surface area contributed by atoms with E-state index in [1.54, 1.807) is 18.2 Å². The molecule has 2 N–H and O–H groups in total. The van der Waals surface area contributed by atoms with E-state index in [0.717, 1.165) is 29.8 Å². The second-order valence-electron chi connectivity index (χ2n) is 5.57. The van der Waals surface area contributed by atoms with Crippen molar-refractivity contribution < 1.29 is 8.78 Å². The Morgan fingerprint density at radius 1 is 1.05 bits per heavy atom. The zero-order valence-corrected chi connectivity index (χ0v) is 11.9. The van der Waals surface area contributed by atoms with Gasteiger partial charge in [-0.1, -0.05) is 18.2 Å². The van der Waals surface area contributed by atoms with Crippen molar-refractivity contribution in [2.45, 2.75) is 25.4 Å². The van der Waals surface area contributed by atoms with E-state index in [1.807, 2.05) is 13.0 Å². The first kappa shape index (κ1) is 14.0. The van der Waals surface area contributed by atoms with E-state index in [-0.39, 0.29) is 23.7 Å². The van der Waals surface area contributed by atoms with Gasteiger partial charge in [0.2, 0.25) is 0 Å². The van der Waals surface area contributed by atoms with Crippen molar-refractivity contribution in [3.63, 3.8) is 0 Å². The molecule has 21 heavy (non-hydrogen) atoms. The van der Waals surface area contributed by atoms with Gasteiger partial charge in [-0.05, 0) is 48.7 Å². The van der Waals surface area contributed by atoms with Gasteiger partial charge in [-0.15, -0.1) is 0 Å². The molecule has 1 aliphatic rings. The Bertz CT molecular complexity index is 638. The second kappa shape index (κ2) is 5.45. The summed E-state index contributed by atoms with van der Waals surface area (Å²) in [6.07, 6.45) is 0.875. The van der Waals surface area contributed by atoms with Gasteiger partial charge < -0.3 is 10.6 Å². The number of halogens is 2. The first-order chi connectivity index (χ1) is 10.1. The Hall–Kier alpha value is -1.94. The molecule has 110 valence electrons. The molecule has 2 nitrogen and oxygen atoms in total. The molecule has 1 heterocycles. The standard InChI is InChI=1S/C17H18F2N2/c1-11(20)17(13-3-5-14(18)6-4-13)21-9-8-12-2-7-15(19)10-16(12)21/h2-7,10-11,17H,8-9,20H2,1H3. The van der Waals surface area contributed by atoms with E-state index in [0.29, 0.717) is 0 Å². The summed E-state index contributed by atoms with van der Waals surface area (Å²) < 4.78 is 26.7. The summed E-state index contributed by atoms with van der Waals surface area (Å²) >= 11 is 0. The van der Waals surface area contributed by atoms with E-state index in [4.69, 9.17) is 5.73 Å². The number of rotatable bonds is 3. The molecule has 0 aromatic heterocycles. The van der Waals surface area contributed by atoms with Crippen LogP contribution in [0, 0.1) is 11.6 Å². The monoisotopic (exact) mass is 288 g/mol. The Labute approximate surface area is 123 Å². The predicted molar refractivity (Wildman–Crippen MR) is 80.2 cm³/mol. The van der Waals surface area contributed by atoms with Crippen molar-refractivity contribution in [3.05, 3.63) is 65.2 Å². The average molecular weight is 288 g/mol. The molecule has 2 unspecified atom stereocenters. The minimum atomic E-state index is -0.268. The van der Waals surface area contributed by atoms with Gasteiger partial charge in [0.05, 0.1) is 6.04 Å². The van der Waals surface area contributed by atoms with E-state index in [9.17, 15) is 8.78 Å². The minimum Gasteiger partial charge on any atom is -0.362 e.